The first-order valence-electron chi connectivity index (χ1n) is 10.00. The highest BCUT2D eigenvalue weighted by Gasteiger charge is 2.11. The fourth-order valence-corrected chi connectivity index (χ4v) is 3.72. The molecule has 0 bridgehead atoms. The number of rotatable bonds is 5. The standard InChI is InChI=1S/C22H22FN7/c23-20-13-17(4-6-25-20)16-1-2-18-19(12-16)28-22(27-18)29-21-11-15(3-5-26-21)14-30-9-7-24-8-10-30/h1-6,11-13,24H,7-10,14H2,(H2,26,27,28,29). The average Bonchev–Trinajstić information content (AvgIpc) is 3.16. The van der Waals surface area contributed by atoms with E-state index < -0.39 is 5.95 Å². The molecule has 1 saturated heterocycles. The van der Waals surface area contributed by atoms with Gasteiger partial charge in [-0.05, 0) is 47.0 Å². The zero-order chi connectivity index (χ0) is 20.3. The molecule has 0 atom stereocenters. The number of aromatic amines is 1. The lowest BCUT2D eigenvalue weighted by molar-refractivity contribution is 0.233. The largest absolute Gasteiger partial charge is 0.324 e. The molecule has 1 aliphatic rings. The summed E-state index contributed by atoms with van der Waals surface area (Å²) in [6, 6.07) is 13.1. The molecule has 0 spiro atoms. The van der Waals surface area contributed by atoms with Crippen LogP contribution in [0, 0.1) is 5.95 Å². The van der Waals surface area contributed by atoms with Crippen LogP contribution in [0.1, 0.15) is 5.56 Å². The molecule has 1 fully saturated rings. The lowest BCUT2D eigenvalue weighted by Crippen LogP contribution is -2.42. The van der Waals surface area contributed by atoms with Gasteiger partial charge in [-0.25, -0.2) is 15.0 Å². The molecule has 7 nitrogen and oxygen atoms in total. The first-order chi connectivity index (χ1) is 14.7. The van der Waals surface area contributed by atoms with Crippen LogP contribution in [0.2, 0.25) is 0 Å². The number of hydrogen-bond donors (Lipinski definition) is 3. The molecule has 0 radical (unpaired) electrons. The van der Waals surface area contributed by atoms with Gasteiger partial charge in [0.2, 0.25) is 11.9 Å². The maximum Gasteiger partial charge on any atom is 0.213 e. The topological polar surface area (TPSA) is 81.8 Å². The SMILES string of the molecule is Fc1cc(-c2ccc3nc(Nc4cc(CN5CCNCC5)ccn4)[nH]c3c2)ccn1. The van der Waals surface area contributed by atoms with E-state index in [4.69, 9.17) is 0 Å². The molecule has 1 aromatic carbocycles. The summed E-state index contributed by atoms with van der Waals surface area (Å²) in [5.41, 5.74) is 4.58. The summed E-state index contributed by atoms with van der Waals surface area (Å²) in [5.74, 6) is 0.874. The molecule has 0 saturated carbocycles. The third-order valence-corrected chi connectivity index (χ3v) is 5.23. The third kappa shape index (κ3) is 4.14. The normalized spacial score (nSPS) is 14.8. The summed E-state index contributed by atoms with van der Waals surface area (Å²) in [7, 11) is 0. The second-order valence-electron chi connectivity index (χ2n) is 7.39. The van der Waals surface area contributed by atoms with Crippen molar-refractivity contribution in [2.45, 2.75) is 6.54 Å². The molecule has 3 aromatic heterocycles. The Labute approximate surface area is 173 Å². The summed E-state index contributed by atoms with van der Waals surface area (Å²) >= 11 is 0. The minimum absolute atomic E-state index is 0.494. The molecule has 0 amide bonds. The van der Waals surface area contributed by atoms with E-state index in [-0.39, 0.29) is 0 Å². The molecule has 30 heavy (non-hydrogen) atoms. The van der Waals surface area contributed by atoms with Crippen LogP contribution in [0.25, 0.3) is 22.2 Å². The lowest BCUT2D eigenvalue weighted by Gasteiger charge is -2.27. The van der Waals surface area contributed by atoms with Crippen LogP contribution in [-0.2, 0) is 6.54 Å². The monoisotopic (exact) mass is 403 g/mol. The number of benzene rings is 1. The van der Waals surface area contributed by atoms with Crippen LogP contribution in [-0.4, -0.2) is 51.0 Å². The number of piperazine rings is 1. The van der Waals surface area contributed by atoms with Crippen LogP contribution in [0.3, 0.4) is 0 Å². The minimum atomic E-state index is -0.494. The van der Waals surface area contributed by atoms with Gasteiger partial charge in [0.05, 0.1) is 11.0 Å². The highest BCUT2D eigenvalue weighted by atomic mass is 19.1. The number of fused-ring (bicyclic) bond motifs is 1. The number of H-pyrrole nitrogens is 1. The van der Waals surface area contributed by atoms with E-state index >= 15 is 0 Å². The molecule has 1 aliphatic heterocycles. The van der Waals surface area contributed by atoms with Gasteiger partial charge in [-0.15, -0.1) is 0 Å². The highest BCUT2D eigenvalue weighted by molar-refractivity contribution is 5.83. The van der Waals surface area contributed by atoms with Crippen molar-refractivity contribution in [3.05, 3.63) is 66.4 Å². The van der Waals surface area contributed by atoms with Crippen LogP contribution < -0.4 is 10.6 Å². The number of anilines is 2. The molecule has 5 rings (SSSR count). The van der Waals surface area contributed by atoms with Crippen LogP contribution in [0.15, 0.2) is 54.9 Å². The van der Waals surface area contributed by atoms with Gasteiger partial charge in [0.25, 0.3) is 0 Å². The number of hydrogen-bond acceptors (Lipinski definition) is 6. The number of pyridine rings is 2. The number of imidazole rings is 1. The smallest absolute Gasteiger partial charge is 0.213 e. The first-order valence-corrected chi connectivity index (χ1v) is 10.00. The molecule has 0 aliphatic carbocycles. The number of halogens is 1. The van der Waals surface area contributed by atoms with Crippen molar-refractivity contribution >= 4 is 22.8 Å². The Hall–Kier alpha value is -3.36. The molecular weight excluding hydrogens is 381 g/mol. The fourth-order valence-electron chi connectivity index (χ4n) is 3.72. The van der Waals surface area contributed by atoms with Gasteiger partial charge in [0, 0.05) is 51.2 Å². The molecule has 3 N–H and O–H groups in total. The maximum atomic E-state index is 13.4. The second-order valence-corrected chi connectivity index (χ2v) is 7.39. The predicted octanol–water partition coefficient (Wildman–Crippen LogP) is 3.31. The Kier molecular flexibility index (Phi) is 5.08. The first kappa shape index (κ1) is 18.7. The number of nitrogens with zero attached hydrogens (tertiary/aromatic N) is 4. The quantitative estimate of drug-likeness (QED) is 0.444. The summed E-state index contributed by atoms with van der Waals surface area (Å²) in [6.45, 7) is 5.08. The van der Waals surface area contributed by atoms with E-state index in [0.29, 0.717) is 5.95 Å². The van der Waals surface area contributed by atoms with E-state index in [1.165, 1.54) is 17.8 Å². The Morgan fingerprint density at radius 3 is 2.67 bits per heavy atom. The van der Waals surface area contributed by atoms with Crippen LogP contribution in [0.4, 0.5) is 16.2 Å². The number of nitrogens with one attached hydrogen (secondary N) is 3. The van der Waals surface area contributed by atoms with Crippen molar-refractivity contribution in [3.8, 4) is 11.1 Å². The van der Waals surface area contributed by atoms with Gasteiger partial charge in [-0.2, -0.15) is 4.39 Å². The zero-order valence-electron chi connectivity index (χ0n) is 16.4. The lowest BCUT2D eigenvalue weighted by atomic mass is 10.1. The van der Waals surface area contributed by atoms with Gasteiger partial charge < -0.3 is 15.6 Å². The Bertz CT molecular complexity index is 1170. The average molecular weight is 403 g/mol. The molecule has 4 aromatic rings. The van der Waals surface area contributed by atoms with E-state index in [0.717, 1.165) is 60.7 Å². The minimum Gasteiger partial charge on any atom is -0.324 e. The van der Waals surface area contributed by atoms with Gasteiger partial charge >= 0.3 is 0 Å². The maximum absolute atomic E-state index is 13.4. The summed E-state index contributed by atoms with van der Waals surface area (Å²) in [5, 5.41) is 6.63. The summed E-state index contributed by atoms with van der Waals surface area (Å²) in [6.07, 6.45) is 3.28. The molecule has 152 valence electrons. The zero-order valence-corrected chi connectivity index (χ0v) is 16.4. The Morgan fingerprint density at radius 1 is 0.967 bits per heavy atom. The second kappa shape index (κ2) is 8.17. The molecule has 8 heteroatoms. The molecule has 4 heterocycles. The van der Waals surface area contributed by atoms with E-state index in [2.05, 4.69) is 41.5 Å². The van der Waals surface area contributed by atoms with Gasteiger partial charge in [-0.1, -0.05) is 6.07 Å². The number of aromatic nitrogens is 4. The Balaban J connectivity index is 1.34. The van der Waals surface area contributed by atoms with Crippen molar-refractivity contribution in [3.63, 3.8) is 0 Å². The van der Waals surface area contributed by atoms with Crippen molar-refractivity contribution in [1.29, 1.82) is 0 Å². The van der Waals surface area contributed by atoms with Crippen LogP contribution >= 0.6 is 0 Å². The van der Waals surface area contributed by atoms with E-state index in [1.54, 1.807) is 6.07 Å². The van der Waals surface area contributed by atoms with E-state index in [9.17, 15) is 4.39 Å². The summed E-state index contributed by atoms with van der Waals surface area (Å²) < 4.78 is 13.4. The Morgan fingerprint density at radius 2 is 1.80 bits per heavy atom. The van der Waals surface area contributed by atoms with Gasteiger partial charge in [0.15, 0.2) is 0 Å². The van der Waals surface area contributed by atoms with Crippen LogP contribution in [0.5, 0.6) is 0 Å². The summed E-state index contributed by atoms with van der Waals surface area (Å²) in [4.78, 5) is 18.3. The van der Waals surface area contributed by atoms with Gasteiger partial charge in [0.1, 0.15) is 5.82 Å². The highest BCUT2D eigenvalue weighted by Crippen LogP contribution is 2.25. The predicted molar refractivity (Wildman–Crippen MR) is 115 cm³/mol. The fraction of sp³-hybridized carbons (Fsp3) is 0.227. The molecular formula is C22H22FN7. The molecule has 0 unspecified atom stereocenters. The van der Waals surface area contributed by atoms with E-state index in [1.807, 2.05) is 30.5 Å². The van der Waals surface area contributed by atoms with Crippen molar-refractivity contribution in [2.75, 3.05) is 31.5 Å². The van der Waals surface area contributed by atoms with Crippen molar-refractivity contribution in [1.82, 2.24) is 30.2 Å². The van der Waals surface area contributed by atoms with Crippen molar-refractivity contribution in [2.24, 2.45) is 0 Å². The third-order valence-electron chi connectivity index (χ3n) is 5.23. The van der Waals surface area contributed by atoms with Crippen molar-refractivity contribution < 1.29 is 4.39 Å². The van der Waals surface area contributed by atoms with Gasteiger partial charge in [-0.3, -0.25) is 4.90 Å².